The second kappa shape index (κ2) is 10.8. The quantitative estimate of drug-likeness (QED) is 0.511. The predicted octanol–water partition coefficient (Wildman–Crippen LogP) is 2.28. The van der Waals surface area contributed by atoms with Gasteiger partial charge in [0.1, 0.15) is 0 Å². The largest absolute Gasteiger partial charge is 0.454 e. The summed E-state index contributed by atoms with van der Waals surface area (Å²) in [4.78, 5) is 33.6. The van der Waals surface area contributed by atoms with E-state index in [0.29, 0.717) is 48.3 Å². The molecule has 0 bridgehead atoms. The van der Waals surface area contributed by atoms with Crippen molar-refractivity contribution in [2.24, 2.45) is 0 Å². The van der Waals surface area contributed by atoms with E-state index in [4.69, 9.17) is 14.0 Å². The van der Waals surface area contributed by atoms with E-state index >= 15 is 0 Å². The van der Waals surface area contributed by atoms with E-state index in [-0.39, 0.29) is 25.2 Å². The van der Waals surface area contributed by atoms with Crippen molar-refractivity contribution in [2.45, 2.75) is 19.8 Å². The Balaban J connectivity index is 1.01. The van der Waals surface area contributed by atoms with Gasteiger partial charge in [-0.05, 0) is 38.1 Å². The summed E-state index contributed by atoms with van der Waals surface area (Å²) >= 11 is 0. The van der Waals surface area contributed by atoms with Gasteiger partial charge in [0, 0.05) is 43.7 Å². The molecule has 1 saturated heterocycles. The van der Waals surface area contributed by atoms with Crippen molar-refractivity contribution in [1.82, 2.24) is 25.3 Å². The Morgan fingerprint density at radius 1 is 1.00 bits per heavy atom. The topological polar surface area (TPSA) is 110 Å². The van der Waals surface area contributed by atoms with Crippen molar-refractivity contribution in [3.63, 3.8) is 0 Å². The number of benzene rings is 2. The highest BCUT2D eigenvalue weighted by Gasteiger charge is 2.22. The number of fused-ring (bicyclic) bond motifs is 1. The van der Waals surface area contributed by atoms with Gasteiger partial charge in [-0.2, -0.15) is 4.98 Å². The Kier molecular flexibility index (Phi) is 7.13. The molecule has 1 N–H and O–H groups in total. The number of nitrogens with one attached hydrogen (secondary N) is 1. The van der Waals surface area contributed by atoms with Crippen molar-refractivity contribution in [2.75, 3.05) is 46.1 Å². The molecule has 2 aliphatic heterocycles. The van der Waals surface area contributed by atoms with Crippen LogP contribution in [0.25, 0.3) is 11.4 Å². The first-order valence-electron chi connectivity index (χ1n) is 12.1. The van der Waals surface area contributed by atoms with Gasteiger partial charge in [0.05, 0.1) is 6.54 Å². The third kappa shape index (κ3) is 5.65. The summed E-state index contributed by atoms with van der Waals surface area (Å²) in [5.74, 6) is 2.01. The highest BCUT2D eigenvalue weighted by molar-refractivity contribution is 5.97. The van der Waals surface area contributed by atoms with Crippen LogP contribution in [0, 0.1) is 6.92 Å². The Morgan fingerprint density at radius 2 is 1.78 bits per heavy atom. The minimum absolute atomic E-state index is 0.0340. The molecule has 1 aromatic heterocycles. The van der Waals surface area contributed by atoms with Crippen molar-refractivity contribution in [1.29, 1.82) is 0 Å². The van der Waals surface area contributed by atoms with Crippen molar-refractivity contribution >= 4 is 11.8 Å². The molecule has 188 valence electrons. The molecule has 10 heteroatoms. The molecule has 0 saturated carbocycles. The van der Waals surface area contributed by atoms with Gasteiger partial charge in [-0.15, -0.1) is 0 Å². The molecule has 1 fully saturated rings. The lowest BCUT2D eigenvalue weighted by Crippen LogP contribution is -2.51. The van der Waals surface area contributed by atoms with Gasteiger partial charge in [-0.3, -0.25) is 14.5 Å². The first-order chi connectivity index (χ1) is 17.5. The van der Waals surface area contributed by atoms with Gasteiger partial charge in [0.25, 0.3) is 5.91 Å². The molecular formula is C26H29N5O5. The van der Waals surface area contributed by atoms with Gasteiger partial charge in [-0.1, -0.05) is 35.0 Å². The number of rotatable bonds is 8. The highest BCUT2D eigenvalue weighted by Crippen LogP contribution is 2.32. The molecule has 0 spiro atoms. The van der Waals surface area contributed by atoms with Gasteiger partial charge in [0.2, 0.25) is 24.4 Å². The third-order valence-corrected chi connectivity index (χ3v) is 6.40. The monoisotopic (exact) mass is 491 g/mol. The zero-order valence-corrected chi connectivity index (χ0v) is 20.2. The first kappa shape index (κ1) is 23.8. The van der Waals surface area contributed by atoms with Crippen LogP contribution in [0.1, 0.15) is 28.2 Å². The number of nitrogens with zero attached hydrogens (tertiary/aromatic N) is 4. The van der Waals surface area contributed by atoms with Crippen molar-refractivity contribution in [3.05, 3.63) is 59.5 Å². The molecule has 5 rings (SSSR count). The summed E-state index contributed by atoms with van der Waals surface area (Å²) in [6.07, 6.45) is 1.61. The minimum atomic E-state index is -0.313. The summed E-state index contributed by atoms with van der Waals surface area (Å²) in [7, 11) is 0. The summed E-state index contributed by atoms with van der Waals surface area (Å²) in [5, 5.41) is 6.79. The first-order valence-corrected chi connectivity index (χ1v) is 12.1. The van der Waals surface area contributed by atoms with Crippen LogP contribution >= 0.6 is 0 Å². The minimum Gasteiger partial charge on any atom is -0.454 e. The number of aromatic nitrogens is 2. The number of amides is 2. The van der Waals surface area contributed by atoms with E-state index in [1.807, 2.05) is 31.2 Å². The number of carbonyl (C=O) groups excluding carboxylic acids is 2. The van der Waals surface area contributed by atoms with E-state index < -0.39 is 0 Å². The highest BCUT2D eigenvalue weighted by atomic mass is 16.7. The fourth-order valence-corrected chi connectivity index (χ4v) is 4.26. The van der Waals surface area contributed by atoms with Crippen LogP contribution in [0.2, 0.25) is 0 Å². The normalized spacial score (nSPS) is 15.2. The van der Waals surface area contributed by atoms with Crippen LogP contribution in [0.5, 0.6) is 11.5 Å². The maximum Gasteiger partial charge on any atom is 0.251 e. The number of carbonyl (C=O) groups is 2. The van der Waals surface area contributed by atoms with Crippen molar-refractivity contribution < 1.29 is 23.6 Å². The van der Waals surface area contributed by atoms with E-state index in [0.717, 1.165) is 31.6 Å². The zero-order chi connectivity index (χ0) is 24.9. The smallest absolute Gasteiger partial charge is 0.251 e. The van der Waals surface area contributed by atoms with Crippen LogP contribution in [0.4, 0.5) is 0 Å². The summed E-state index contributed by atoms with van der Waals surface area (Å²) < 4.78 is 16.0. The molecule has 10 nitrogen and oxygen atoms in total. The van der Waals surface area contributed by atoms with Gasteiger partial charge in [0.15, 0.2) is 11.5 Å². The van der Waals surface area contributed by atoms with E-state index in [1.54, 1.807) is 23.1 Å². The maximum absolute atomic E-state index is 12.6. The average Bonchev–Trinajstić information content (AvgIpc) is 3.57. The second-order valence-corrected chi connectivity index (χ2v) is 8.95. The maximum atomic E-state index is 12.6. The standard InChI is InChI=1S/C26H29N5O5/c1-18-4-6-19(7-5-18)25-28-23(36-29-25)3-2-10-30-11-13-31(14-12-30)24(32)16-27-26(33)20-8-9-21-22(15-20)35-17-34-21/h4-9,15H,2-3,10-14,16-17H2,1H3,(H,27,33). The lowest BCUT2D eigenvalue weighted by molar-refractivity contribution is -0.131. The van der Waals surface area contributed by atoms with E-state index in [2.05, 4.69) is 20.4 Å². The van der Waals surface area contributed by atoms with Gasteiger partial charge >= 0.3 is 0 Å². The van der Waals surface area contributed by atoms with E-state index in [1.165, 1.54) is 5.56 Å². The molecule has 0 radical (unpaired) electrons. The fourth-order valence-electron chi connectivity index (χ4n) is 4.26. The van der Waals surface area contributed by atoms with Crippen LogP contribution in [0.15, 0.2) is 47.0 Å². The molecule has 0 atom stereocenters. The molecule has 36 heavy (non-hydrogen) atoms. The Hall–Kier alpha value is -3.92. The average molecular weight is 492 g/mol. The Labute approximate surface area is 209 Å². The van der Waals surface area contributed by atoms with Gasteiger partial charge < -0.3 is 24.2 Å². The third-order valence-electron chi connectivity index (χ3n) is 6.40. The molecule has 0 aliphatic carbocycles. The predicted molar refractivity (Wildman–Crippen MR) is 131 cm³/mol. The van der Waals surface area contributed by atoms with Crippen LogP contribution in [-0.2, 0) is 11.2 Å². The lowest BCUT2D eigenvalue weighted by Gasteiger charge is -2.34. The van der Waals surface area contributed by atoms with Crippen LogP contribution in [0.3, 0.4) is 0 Å². The molecule has 2 aromatic carbocycles. The molecule has 3 heterocycles. The molecule has 3 aromatic rings. The molecule has 2 amide bonds. The van der Waals surface area contributed by atoms with Crippen LogP contribution in [-0.4, -0.2) is 77.8 Å². The SMILES string of the molecule is Cc1ccc(-c2noc(CCCN3CCN(C(=O)CNC(=O)c4ccc5c(c4)OCO5)CC3)n2)cc1. The molecular weight excluding hydrogens is 462 g/mol. The van der Waals surface area contributed by atoms with Gasteiger partial charge in [-0.25, -0.2) is 0 Å². The van der Waals surface area contributed by atoms with Crippen LogP contribution < -0.4 is 14.8 Å². The number of hydrogen-bond acceptors (Lipinski definition) is 8. The Bertz CT molecular complexity index is 1220. The van der Waals surface area contributed by atoms with E-state index in [9.17, 15) is 9.59 Å². The summed E-state index contributed by atoms with van der Waals surface area (Å²) in [5.41, 5.74) is 2.57. The second-order valence-electron chi connectivity index (χ2n) is 8.95. The van der Waals surface area contributed by atoms with Crippen molar-refractivity contribution in [3.8, 4) is 22.9 Å². The fraction of sp³-hybridized carbons (Fsp3) is 0.385. The number of hydrogen-bond donors (Lipinski definition) is 1. The summed E-state index contributed by atoms with van der Waals surface area (Å²) in [6, 6.07) is 13.0. The Morgan fingerprint density at radius 3 is 2.58 bits per heavy atom. The number of aryl methyl sites for hydroxylation is 2. The lowest BCUT2D eigenvalue weighted by atomic mass is 10.1. The summed E-state index contributed by atoms with van der Waals surface area (Å²) in [6.45, 7) is 5.91. The zero-order valence-electron chi connectivity index (χ0n) is 20.2. The molecule has 2 aliphatic rings. The molecule has 0 unspecified atom stereocenters. The number of ether oxygens (including phenoxy) is 2. The number of piperazine rings is 1.